The highest BCUT2D eigenvalue weighted by molar-refractivity contribution is 7.89. The maximum absolute atomic E-state index is 13.1. The largest absolute Gasteiger partial charge is 0.480 e. The lowest BCUT2D eigenvalue weighted by molar-refractivity contribution is -0.138. The number of carboxylic acid groups (broad SMARTS) is 1. The number of rotatable bonds is 5. The zero-order valence-electron chi connectivity index (χ0n) is 15.6. The molecule has 2 rings (SSSR count). The van der Waals surface area contributed by atoms with Crippen LogP contribution in [0.2, 0.25) is 0 Å². The smallest absolute Gasteiger partial charge is 0.325 e. The van der Waals surface area contributed by atoms with E-state index in [1.165, 1.54) is 17.3 Å². The summed E-state index contributed by atoms with van der Waals surface area (Å²) in [4.78, 5) is 23.4. The van der Waals surface area contributed by atoms with Crippen LogP contribution >= 0.6 is 0 Å². The first-order chi connectivity index (χ1) is 12.0. The predicted molar refractivity (Wildman–Crippen MR) is 97.6 cm³/mol. The van der Waals surface area contributed by atoms with E-state index < -0.39 is 27.9 Å². The van der Waals surface area contributed by atoms with Crippen molar-refractivity contribution in [3.8, 4) is 0 Å². The molecule has 144 valence electrons. The van der Waals surface area contributed by atoms with Gasteiger partial charge in [0.1, 0.15) is 6.04 Å². The van der Waals surface area contributed by atoms with E-state index in [1.54, 1.807) is 19.9 Å². The molecule has 1 aromatic rings. The summed E-state index contributed by atoms with van der Waals surface area (Å²) in [5.41, 5.74) is 1.42. The average molecular weight is 382 g/mol. The molecule has 1 saturated heterocycles. The Hall–Kier alpha value is -1.93. The Balaban J connectivity index is 2.38. The lowest BCUT2D eigenvalue weighted by atomic mass is 10.0. The first-order valence-corrected chi connectivity index (χ1v) is 10.1. The number of nitrogens with one attached hydrogen (secondary N) is 1. The quantitative estimate of drug-likeness (QED) is 0.810. The fraction of sp³-hybridized carbons (Fsp3) is 0.556. The van der Waals surface area contributed by atoms with Crippen LogP contribution < -0.4 is 5.32 Å². The second-order valence-corrected chi connectivity index (χ2v) is 8.94. The molecule has 1 aromatic carbocycles. The lowest BCUT2D eigenvalue weighted by Gasteiger charge is -2.30. The van der Waals surface area contributed by atoms with E-state index in [9.17, 15) is 18.0 Å². The van der Waals surface area contributed by atoms with E-state index in [4.69, 9.17) is 5.11 Å². The van der Waals surface area contributed by atoms with E-state index in [-0.39, 0.29) is 10.5 Å². The van der Waals surface area contributed by atoms with Crippen molar-refractivity contribution in [1.29, 1.82) is 0 Å². The minimum absolute atomic E-state index is 0.111. The number of aryl methyl sites for hydroxylation is 1. The predicted octanol–water partition coefficient (Wildman–Crippen LogP) is 1.93. The Kier molecular flexibility index (Phi) is 6.08. The van der Waals surface area contributed by atoms with E-state index in [0.29, 0.717) is 30.1 Å². The summed E-state index contributed by atoms with van der Waals surface area (Å²) in [6.07, 6.45) is 1.63. The summed E-state index contributed by atoms with van der Waals surface area (Å²) >= 11 is 0. The summed E-state index contributed by atoms with van der Waals surface area (Å²) in [7, 11) is -3.70. The van der Waals surface area contributed by atoms with Gasteiger partial charge in [0.25, 0.3) is 5.91 Å². The Morgan fingerprint density at radius 2 is 1.81 bits per heavy atom. The molecule has 2 N–H and O–H groups in total. The molecule has 7 nitrogen and oxygen atoms in total. The molecule has 8 heteroatoms. The van der Waals surface area contributed by atoms with Crippen LogP contribution in [0.15, 0.2) is 17.0 Å². The number of hydrogen-bond donors (Lipinski definition) is 2. The lowest BCUT2D eigenvalue weighted by Crippen LogP contribution is -2.39. The number of benzene rings is 1. The molecule has 0 spiro atoms. The van der Waals surface area contributed by atoms with Gasteiger partial charge in [0.05, 0.1) is 4.90 Å². The Labute approximate surface area is 154 Å². The van der Waals surface area contributed by atoms with Crippen LogP contribution in [0.3, 0.4) is 0 Å². The van der Waals surface area contributed by atoms with Gasteiger partial charge in [-0.3, -0.25) is 9.59 Å². The minimum atomic E-state index is -3.70. The molecular weight excluding hydrogens is 356 g/mol. The number of amides is 1. The third-order valence-electron chi connectivity index (χ3n) is 4.96. The van der Waals surface area contributed by atoms with E-state index in [0.717, 1.165) is 12.8 Å². The molecule has 1 amide bonds. The number of piperidine rings is 1. The van der Waals surface area contributed by atoms with Gasteiger partial charge in [0.15, 0.2) is 0 Å². The zero-order valence-corrected chi connectivity index (χ0v) is 16.4. The van der Waals surface area contributed by atoms with Gasteiger partial charge in [-0.1, -0.05) is 6.92 Å². The van der Waals surface area contributed by atoms with Crippen LogP contribution in [0, 0.1) is 19.8 Å². The second kappa shape index (κ2) is 7.75. The molecule has 0 aromatic heterocycles. The van der Waals surface area contributed by atoms with Crippen LogP contribution in [-0.2, 0) is 14.8 Å². The van der Waals surface area contributed by atoms with Crippen molar-refractivity contribution in [3.05, 3.63) is 28.8 Å². The molecule has 1 aliphatic rings. The first kappa shape index (κ1) is 20.4. The number of sulfonamides is 1. The van der Waals surface area contributed by atoms with Crippen molar-refractivity contribution in [3.63, 3.8) is 0 Å². The van der Waals surface area contributed by atoms with Crippen LogP contribution in [0.1, 0.15) is 48.2 Å². The number of carboxylic acids is 1. The van der Waals surface area contributed by atoms with E-state index >= 15 is 0 Å². The third kappa shape index (κ3) is 4.24. The summed E-state index contributed by atoms with van der Waals surface area (Å²) in [5, 5.41) is 11.3. The zero-order chi connectivity index (χ0) is 19.6. The third-order valence-corrected chi connectivity index (χ3v) is 6.99. The monoisotopic (exact) mass is 382 g/mol. The highest BCUT2D eigenvalue weighted by Gasteiger charge is 2.30. The maximum atomic E-state index is 13.1. The van der Waals surface area contributed by atoms with Gasteiger partial charge in [-0.25, -0.2) is 8.42 Å². The van der Waals surface area contributed by atoms with Crippen molar-refractivity contribution in [2.45, 2.75) is 51.5 Å². The topological polar surface area (TPSA) is 104 Å². The van der Waals surface area contributed by atoms with Gasteiger partial charge < -0.3 is 10.4 Å². The highest BCUT2D eigenvalue weighted by atomic mass is 32.2. The molecule has 1 heterocycles. The molecule has 1 aliphatic heterocycles. The number of carbonyl (C=O) groups excluding carboxylic acids is 1. The number of carbonyl (C=O) groups is 2. The number of hydrogen-bond acceptors (Lipinski definition) is 4. The molecule has 0 aliphatic carbocycles. The van der Waals surface area contributed by atoms with Crippen molar-refractivity contribution in [2.75, 3.05) is 13.1 Å². The van der Waals surface area contributed by atoms with Gasteiger partial charge in [-0.15, -0.1) is 0 Å². The summed E-state index contributed by atoms with van der Waals surface area (Å²) < 4.78 is 27.6. The molecule has 1 fully saturated rings. The molecule has 0 saturated carbocycles. The first-order valence-electron chi connectivity index (χ1n) is 8.69. The SMILES string of the molecule is Cc1cc(C(=O)N[C@H](C)C(=O)O)cc(S(=O)(=O)N2CCC(C)CC2)c1C. The van der Waals surface area contributed by atoms with Crippen LogP contribution in [0.4, 0.5) is 0 Å². The standard InChI is InChI=1S/C18H26N2O5S/c1-11-5-7-20(8-6-11)26(24,25)16-10-15(9-12(2)13(16)3)17(21)19-14(4)18(22)23/h9-11,14H,5-8H2,1-4H3,(H,19,21)(H,22,23)/t14-/m1/s1. The second-order valence-electron chi connectivity index (χ2n) is 7.04. The fourth-order valence-electron chi connectivity index (χ4n) is 2.93. The Morgan fingerprint density at radius 3 is 2.35 bits per heavy atom. The fourth-order valence-corrected chi connectivity index (χ4v) is 4.73. The summed E-state index contributed by atoms with van der Waals surface area (Å²) in [5.74, 6) is -1.26. The molecule has 1 atom stereocenters. The molecule has 0 radical (unpaired) electrons. The Morgan fingerprint density at radius 1 is 1.23 bits per heavy atom. The van der Waals surface area contributed by atoms with Gasteiger partial charge in [0.2, 0.25) is 10.0 Å². The van der Waals surface area contributed by atoms with Gasteiger partial charge in [-0.2, -0.15) is 4.31 Å². The molecule has 0 unspecified atom stereocenters. The van der Waals surface area contributed by atoms with Gasteiger partial charge in [-0.05, 0) is 62.8 Å². The summed E-state index contributed by atoms with van der Waals surface area (Å²) in [6, 6.07) is 1.86. The van der Waals surface area contributed by atoms with Crippen molar-refractivity contribution < 1.29 is 23.1 Å². The average Bonchev–Trinajstić information content (AvgIpc) is 2.57. The van der Waals surface area contributed by atoms with Crippen molar-refractivity contribution >= 4 is 21.9 Å². The maximum Gasteiger partial charge on any atom is 0.325 e. The van der Waals surface area contributed by atoms with Crippen molar-refractivity contribution in [1.82, 2.24) is 9.62 Å². The highest BCUT2D eigenvalue weighted by Crippen LogP contribution is 2.28. The number of aliphatic carboxylic acids is 1. The normalized spacial score (nSPS) is 17.7. The molecular formula is C18H26N2O5S. The van der Waals surface area contributed by atoms with Gasteiger partial charge >= 0.3 is 5.97 Å². The van der Waals surface area contributed by atoms with Gasteiger partial charge in [0, 0.05) is 18.7 Å². The van der Waals surface area contributed by atoms with Crippen LogP contribution in [-0.4, -0.2) is 48.8 Å². The number of nitrogens with zero attached hydrogens (tertiary/aromatic N) is 1. The molecule has 0 bridgehead atoms. The van der Waals surface area contributed by atoms with Crippen LogP contribution in [0.25, 0.3) is 0 Å². The minimum Gasteiger partial charge on any atom is -0.480 e. The Bertz CT molecular complexity index is 811. The van der Waals surface area contributed by atoms with Crippen LogP contribution in [0.5, 0.6) is 0 Å². The molecule has 26 heavy (non-hydrogen) atoms. The van der Waals surface area contributed by atoms with Crippen molar-refractivity contribution in [2.24, 2.45) is 5.92 Å². The van der Waals surface area contributed by atoms with E-state index in [2.05, 4.69) is 12.2 Å². The summed E-state index contributed by atoms with van der Waals surface area (Å²) in [6.45, 7) is 7.85. The van der Waals surface area contributed by atoms with E-state index in [1.807, 2.05) is 0 Å².